The number of hydrogen-bond donors (Lipinski definition) is 1. The van der Waals surface area contributed by atoms with Crippen LogP contribution in [0.1, 0.15) is 35.7 Å². The number of fused-ring (bicyclic) bond motifs is 1. The Hall–Kier alpha value is -3.82. The normalized spacial score (nSPS) is 15.7. The third-order valence-corrected chi connectivity index (χ3v) is 5.71. The first-order chi connectivity index (χ1) is 16.6. The molecule has 35 heavy (non-hydrogen) atoms. The number of hydrogen-bond acceptors (Lipinski definition) is 4. The monoisotopic (exact) mass is 490 g/mol. The van der Waals surface area contributed by atoms with Crippen molar-refractivity contribution in [3.05, 3.63) is 82.0 Å². The largest absolute Gasteiger partial charge is 0.489 e. The molecule has 0 amide bonds. The third kappa shape index (κ3) is 5.64. The molecule has 2 aromatic rings. The molecule has 2 aliphatic rings. The first kappa shape index (κ1) is 24.3. The minimum Gasteiger partial charge on any atom is -0.489 e. The van der Waals surface area contributed by atoms with Gasteiger partial charge in [-0.05, 0) is 36.1 Å². The highest BCUT2D eigenvalue weighted by atomic mass is 19.4. The molecule has 0 radical (unpaired) electrons. The van der Waals surface area contributed by atoms with Gasteiger partial charge < -0.3 is 14.6 Å². The van der Waals surface area contributed by atoms with Crippen molar-refractivity contribution < 1.29 is 36.9 Å². The molecule has 0 atom stereocenters. The number of aromatic carboxylic acids is 1. The summed E-state index contributed by atoms with van der Waals surface area (Å²) in [5, 5.41) is 13.0. The lowest BCUT2D eigenvalue weighted by Crippen LogP contribution is -2.14. The molecule has 2 heterocycles. The van der Waals surface area contributed by atoms with Crippen LogP contribution in [0, 0.1) is 5.82 Å². The van der Waals surface area contributed by atoms with Crippen molar-refractivity contribution in [2.75, 3.05) is 13.2 Å². The Morgan fingerprint density at radius 2 is 2.09 bits per heavy atom. The van der Waals surface area contributed by atoms with Crippen molar-refractivity contribution in [3.8, 4) is 11.5 Å². The lowest BCUT2D eigenvalue weighted by Gasteiger charge is -2.20. The molecule has 0 bridgehead atoms. The highest BCUT2D eigenvalue weighted by molar-refractivity contribution is 5.86. The number of benzene rings is 1. The molecular formula is C25H22F4N2O4. The Balaban J connectivity index is 1.47. The zero-order valence-corrected chi connectivity index (χ0v) is 18.7. The molecule has 1 aliphatic carbocycles. The maximum atomic E-state index is 14.8. The summed E-state index contributed by atoms with van der Waals surface area (Å²) in [5.74, 6) is -1.20. The van der Waals surface area contributed by atoms with Gasteiger partial charge in [0, 0.05) is 18.3 Å². The molecule has 1 aliphatic heterocycles. The van der Waals surface area contributed by atoms with E-state index >= 15 is 0 Å². The topological polar surface area (TPSA) is 73.6 Å². The van der Waals surface area contributed by atoms with Crippen molar-refractivity contribution in [3.63, 3.8) is 0 Å². The van der Waals surface area contributed by atoms with E-state index < -0.39 is 23.5 Å². The van der Waals surface area contributed by atoms with Crippen LogP contribution in [0.4, 0.5) is 17.6 Å². The number of alkyl halides is 3. The van der Waals surface area contributed by atoms with Gasteiger partial charge in [-0.1, -0.05) is 24.6 Å². The number of carbonyl (C=O) groups is 1. The quantitative estimate of drug-likeness (QED) is 0.502. The van der Waals surface area contributed by atoms with Gasteiger partial charge in [0.1, 0.15) is 30.5 Å². The van der Waals surface area contributed by atoms with Gasteiger partial charge in [-0.2, -0.15) is 18.3 Å². The van der Waals surface area contributed by atoms with Gasteiger partial charge in [-0.25, -0.2) is 9.18 Å². The maximum absolute atomic E-state index is 14.8. The van der Waals surface area contributed by atoms with Crippen LogP contribution < -0.4 is 9.47 Å². The Morgan fingerprint density at radius 1 is 1.29 bits per heavy atom. The Bertz CT molecular complexity index is 1270. The van der Waals surface area contributed by atoms with Gasteiger partial charge in [0.2, 0.25) is 0 Å². The van der Waals surface area contributed by atoms with Crippen LogP contribution in [0.15, 0.2) is 65.0 Å². The molecule has 0 unspecified atom stereocenters. The fraction of sp³-hybridized carbons (Fsp3) is 0.280. The summed E-state index contributed by atoms with van der Waals surface area (Å²) in [6, 6.07) is 2.73. The number of halogens is 4. The summed E-state index contributed by atoms with van der Waals surface area (Å²) in [5.41, 5.74) is 1.69. The number of aromatic nitrogens is 2. The van der Waals surface area contributed by atoms with E-state index in [9.17, 15) is 22.4 Å². The van der Waals surface area contributed by atoms with Gasteiger partial charge in [0.25, 0.3) is 0 Å². The van der Waals surface area contributed by atoms with Crippen molar-refractivity contribution in [1.82, 2.24) is 9.78 Å². The molecule has 0 saturated carbocycles. The van der Waals surface area contributed by atoms with Crippen LogP contribution >= 0.6 is 0 Å². The Morgan fingerprint density at radius 3 is 2.77 bits per heavy atom. The third-order valence-electron chi connectivity index (χ3n) is 5.71. The van der Waals surface area contributed by atoms with Gasteiger partial charge in [-0.3, -0.25) is 4.68 Å². The molecule has 184 valence electrons. The second-order valence-electron chi connectivity index (χ2n) is 8.11. The van der Waals surface area contributed by atoms with Crippen LogP contribution in [0.3, 0.4) is 0 Å². The van der Waals surface area contributed by atoms with Gasteiger partial charge in [0.15, 0.2) is 0 Å². The van der Waals surface area contributed by atoms with Crippen LogP contribution in [-0.2, 0) is 6.54 Å². The van der Waals surface area contributed by atoms with E-state index in [0.717, 1.165) is 17.7 Å². The summed E-state index contributed by atoms with van der Waals surface area (Å²) in [7, 11) is 0. The maximum Gasteiger partial charge on any atom is 0.416 e. The molecule has 0 spiro atoms. The minimum atomic E-state index is -4.42. The van der Waals surface area contributed by atoms with E-state index in [4.69, 9.17) is 14.6 Å². The first-order valence-electron chi connectivity index (χ1n) is 10.8. The molecule has 1 aromatic carbocycles. The van der Waals surface area contributed by atoms with Crippen molar-refractivity contribution in [1.29, 1.82) is 0 Å². The number of rotatable bonds is 7. The number of ether oxygens (including phenoxy) is 2. The second kappa shape index (κ2) is 9.81. The van der Waals surface area contributed by atoms with Gasteiger partial charge >= 0.3 is 12.1 Å². The zero-order chi connectivity index (χ0) is 25.2. The average molecular weight is 490 g/mol. The molecule has 6 nitrogen and oxygen atoms in total. The average Bonchev–Trinajstić information content (AvgIpc) is 3.16. The predicted molar refractivity (Wildman–Crippen MR) is 120 cm³/mol. The smallest absolute Gasteiger partial charge is 0.416 e. The zero-order valence-electron chi connectivity index (χ0n) is 18.7. The second-order valence-corrected chi connectivity index (χ2v) is 8.11. The van der Waals surface area contributed by atoms with Crippen LogP contribution in [0.5, 0.6) is 11.5 Å². The molecule has 10 heteroatoms. The summed E-state index contributed by atoms with van der Waals surface area (Å²) in [6.07, 6.45) is 4.11. The van der Waals surface area contributed by atoms with E-state index in [1.807, 2.05) is 6.92 Å². The Labute approximate surface area is 198 Å². The van der Waals surface area contributed by atoms with Crippen molar-refractivity contribution >= 4 is 12.0 Å². The minimum absolute atomic E-state index is 0.0107. The number of carboxylic acid groups (broad SMARTS) is 1. The fourth-order valence-corrected chi connectivity index (χ4v) is 3.82. The summed E-state index contributed by atoms with van der Waals surface area (Å²) < 4.78 is 66.9. The van der Waals surface area contributed by atoms with Crippen molar-refractivity contribution in [2.24, 2.45) is 0 Å². The van der Waals surface area contributed by atoms with E-state index in [1.54, 1.807) is 6.08 Å². The lowest BCUT2D eigenvalue weighted by molar-refractivity contribution is -0.0883. The molecule has 0 fully saturated rings. The number of nitrogens with zero attached hydrogens (tertiary/aromatic N) is 2. The molecule has 1 N–H and O–H groups in total. The summed E-state index contributed by atoms with van der Waals surface area (Å²) >= 11 is 0. The highest BCUT2D eigenvalue weighted by Gasteiger charge is 2.32. The van der Waals surface area contributed by atoms with Gasteiger partial charge in [-0.15, -0.1) is 0 Å². The first-order valence-corrected chi connectivity index (χ1v) is 10.8. The van der Waals surface area contributed by atoms with Crippen molar-refractivity contribution in [2.45, 2.75) is 32.5 Å². The summed E-state index contributed by atoms with van der Waals surface area (Å²) in [4.78, 5) is 11.0. The number of allylic oxidation sites excluding steroid dienone is 4. The molecule has 1 aromatic heterocycles. The van der Waals surface area contributed by atoms with E-state index in [2.05, 4.69) is 5.10 Å². The summed E-state index contributed by atoms with van der Waals surface area (Å²) in [6.45, 7) is 2.23. The standard InChI is InChI=1S/C25H22F4N2O4/c1-2-16-3-5-19(25(27,28)29)6-4-17(16)14-34-20-8-22(26)21-7-15(13-35-23(21)9-20)11-31-12-18(10-30-31)24(32)33/h4-10,12H,2-3,11,13-14H2,1H3,(H,32,33). The highest BCUT2D eigenvalue weighted by Crippen LogP contribution is 2.35. The number of carboxylic acids is 1. The van der Waals surface area contributed by atoms with Crippen LogP contribution in [-0.4, -0.2) is 40.2 Å². The SMILES string of the molecule is CCC1=C(COc2cc(F)c3c(c2)OCC(Cn2cc(C(=O)O)cn2)=C3)C=CC(C(F)(F)F)=CC1. The van der Waals surface area contributed by atoms with Crippen LogP contribution in [0.25, 0.3) is 6.08 Å². The van der Waals surface area contributed by atoms with E-state index in [1.165, 1.54) is 35.3 Å². The predicted octanol–water partition coefficient (Wildman–Crippen LogP) is 5.73. The van der Waals surface area contributed by atoms with E-state index in [-0.39, 0.29) is 48.8 Å². The fourth-order valence-electron chi connectivity index (χ4n) is 3.82. The lowest BCUT2D eigenvalue weighted by atomic mass is 10.0. The molecule has 4 rings (SSSR count). The van der Waals surface area contributed by atoms with Crippen LogP contribution in [0.2, 0.25) is 0 Å². The molecular weight excluding hydrogens is 468 g/mol. The van der Waals surface area contributed by atoms with E-state index in [0.29, 0.717) is 17.6 Å². The van der Waals surface area contributed by atoms with Gasteiger partial charge in [0.05, 0.1) is 29.4 Å². The molecule has 0 saturated heterocycles. The Kier molecular flexibility index (Phi) is 6.81.